The largest absolute Gasteiger partial charge is 0.335 e. The van der Waals surface area contributed by atoms with E-state index in [1.165, 1.54) is 37.7 Å². The Morgan fingerprint density at radius 3 is 2.79 bits per heavy atom. The molecule has 148 valence electrons. The number of nitrogens with one attached hydrogen (secondary N) is 2. The van der Waals surface area contributed by atoms with E-state index in [1.807, 2.05) is 24.3 Å². The molecular weight excluding hydrogens is 352 g/mol. The molecule has 1 fully saturated rings. The van der Waals surface area contributed by atoms with Crippen LogP contribution in [0.15, 0.2) is 30.3 Å². The molecule has 1 aromatic heterocycles. The van der Waals surface area contributed by atoms with Gasteiger partial charge in [0.25, 0.3) is 0 Å². The molecule has 0 radical (unpaired) electrons. The van der Waals surface area contributed by atoms with Crippen molar-refractivity contribution < 1.29 is 9.59 Å². The van der Waals surface area contributed by atoms with E-state index in [2.05, 4.69) is 21.6 Å². The lowest BCUT2D eigenvalue weighted by molar-refractivity contribution is -0.132. The number of anilines is 1. The van der Waals surface area contributed by atoms with Crippen molar-refractivity contribution >= 4 is 17.6 Å². The minimum absolute atomic E-state index is 0.00616. The second-order valence-corrected chi connectivity index (χ2v) is 7.97. The van der Waals surface area contributed by atoms with Gasteiger partial charge in [-0.15, -0.1) is 0 Å². The van der Waals surface area contributed by atoms with E-state index in [0.29, 0.717) is 18.3 Å². The van der Waals surface area contributed by atoms with E-state index < -0.39 is 0 Å². The van der Waals surface area contributed by atoms with Gasteiger partial charge in [0.15, 0.2) is 5.82 Å². The number of benzene rings is 1. The number of fused-ring (bicyclic) bond motifs is 1. The van der Waals surface area contributed by atoms with Gasteiger partial charge >= 0.3 is 0 Å². The summed E-state index contributed by atoms with van der Waals surface area (Å²) in [5, 5.41) is 10.3. The first-order valence-electron chi connectivity index (χ1n) is 10.3. The van der Waals surface area contributed by atoms with Crippen molar-refractivity contribution in [3.63, 3.8) is 0 Å². The third-order valence-electron chi connectivity index (χ3n) is 6.11. The molecule has 0 saturated heterocycles. The molecule has 0 spiro atoms. The zero-order valence-electron chi connectivity index (χ0n) is 16.4. The molecule has 2 N–H and O–H groups in total. The maximum Gasteiger partial charge on any atom is 0.228 e. The number of aromatic nitrogens is 2. The molecule has 2 amide bonds. The lowest BCUT2D eigenvalue weighted by Crippen LogP contribution is -2.40. The third kappa shape index (κ3) is 3.96. The summed E-state index contributed by atoms with van der Waals surface area (Å²) in [7, 11) is 0. The van der Waals surface area contributed by atoms with Crippen LogP contribution in [0.25, 0.3) is 0 Å². The first-order valence-corrected chi connectivity index (χ1v) is 10.3. The van der Waals surface area contributed by atoms with Gasteiger partial charge in [-0.05, 0) is 30.4 Å². The summed E-state index contributed by atoms with van der Waals surface area (Å²) < 4.78 is 0. The van der Waals surface area contributed by atoms with Crippen LogP contribution >= 0.6 is 0 Å². The van der Waals surface area contributed by atoms with Crippen LogP contribution in [0.5, 0.6) is 0 Å². The third-order valence-corrected chi connectivity index (χ3v) is 6.11. The highest BCUT2D eigenvalue weighted by Gasteiger charge is 2.30. The van der Waals surface area contributed by atoms with Crippen LogP contribution in [0, 0.1) is 0 Å². The fourth-order valence-corrected chi connectivity index (χ4v) is 4.64. The van der Waals surface area contributed by atoms with E-state index in [9.17, 15) is 9.59 Å². The van der Waals surface area contributed by atoms with E-state index in [4.69, 9.17) is 0 Å². The van der Waals surface area contributed by atoms with Crippen molar-refractivity contribution in [2.75, 3.05) is 11.9 Å². The Hall–Kier alpha value is -2.63. The standard InChI is InChI=1S/C22H28N4O2/c1-15(27)26-12-11-16-7-5-6-10-18(16)20(26)14-22(28)23-21-13-19(24-25-21)17-8-3-2-4-9-17/h5-7,10,13,17,20H,2-4,8-9,11-12,14H2,1H3,(H2,23,24,25,28). The van der Waals surface area contributed by atoms with Gasteiger partial charge in [0, 0.05) is 31.1 Å². The molecule has 1 aliphatic heterocycles. The topological polar surface area (TPSA) is 78.1 Å². The SMILES string of the molecule is CC(=O)N1CCc2ccccc2C1CC(=O)Nc1cc(C2CCCCC2)[nH]n1. The van der Waals surface area contributed by atoms with Crippen LogP contribution in [-0.4, -0.2) is 33.5 Å². The van der Waals surface area contributed by atoms with Gasteiger partial charge in [-0.25, -0.2) is 0 Å². The van der Waals surface area contributed by atoms with Crippen LogP contribution in [0.2, 0.25) is 0 Å². The van der Waals surface area contributed by atoms with Gasteiger partial charge in [-0.1, -0.05) is 43.5 Å². The zero-order valence-corrected chi connectivity index (χ0v) is 16.4. The van der Waals surface area contributed by atoms with Gasteiger partial charge in [-0.3, -0.25) is 14.7 Å². The first kappa shape index (κ1) is 18.7. The fourth-order valence-electron chi connectivity index (χ4n) is 4.64. The molecule has 2 aliphatic rings. The van der Waals surface area contributed by atoms with Crippen LogP contribution in [0.3, 0.4) is 0 Å². The minimum Gasteiger partial charge on any atom is -0.335 e. The summed E-state index contributed by atoms with van der Waals surface area (Å²) in [5.41, 5.74) is 3.41. The minimum atomic E-state index is -0.223. The summed E-state index contributed by atoms with van der Waals surface area (Å²) >= 11 is 0. The van der Waals surface area contributed by atoms with Gasteiger partial charge in [-0.2, -0.15) is 5.10 Å². The Morgan fingerprint density at radius 1 is 1.21 bits per heavy atom. The van der Waals surface area contributed by atoms with E-state index in [-0.39, 0.29) is 24.3 Å². The maximum atomic E-state index is 12.7. The summed E-state index contributed by atoms with van der Waals surface area (Å²) in [6, 6.07) is 9.83. The van der Waals surface area contributed by atoms with Gasteiger partial charge in [0.1, 0.15) is 0 Å². The molecule has 2 heterocycles. The highest BCUT2D eigenvalue weighted by atomic mass is 16.2. The van der Waals surface area contributed by atoms with Gasteiger partial charge < -0.3 is 10.2 Å². The number of nitrogens with zero attached hydrogens (tertiary/aromatic N) is 2. The number of carbonyl (C=O) groups is 2. The molecular formula is C22H28N4O2. The quantitative estimate of drug-likeness (QED) is 0.843. The van der Waals surface area contributed by atoms with Crippen molar-refractivity contribution in [3.05, 3.63) is 47.2 Å². The van der Waals surface area contributed by atoms with Crippen LogP contribution in [0.1, 0.15) is 74.2 Å². The Labute approximate surface area is 165 Å². The number of amides is 2. The van der Waals surface area contributed by atoms with E-state index in [1.54, 1.807) is 11.8 Å². The summed E-state index contributed by atoms with van der Waals surface area (Å²) in [6.07, 6.45) is 7.26. The van der Waals surface area contributed by atoms with E-state index >= 15 is 0 Å². The van der Waals surface area contributed by atoms with Crippen molar-refractivity contribution in [1.29, 1.82) is 0 Å². The van der Waals surface area contributed by atoms with Crippen molar-refractivity contribution in [1.82, 2.24) is 15.1 Å². The average molecular weight is 380 g/mol. The average Bonchev–Trinajstić information content (AvgIpc) is 3.17. The summed E-state index contributed by atoms with van der Waals surface area (Å²) in [4.78, 5) is 26.7. The van der Waals surface area contributed by atoms with Crippen LogP contribution < -0.4 is 5.32 Å². The summed E-state index contributed by atoms with van der Waals surface area (Å²) in [5.74, 6) is 0.982. The number of hydrogen-bond donors (Lipinski definition) is 2. The number of hydrogen-bond acceptors (Lipinski definition) is 3. The fraction of sp³-hybridized carbons (Fsp3) is 0.500. The van der Waals surface area contributed by atoms with E-state index in [0.717, 1.165) is 17.7 Å². The molecule has 2 aromatic rings. The Bertz CT molecular complexity index is 854. The molecule has 0 bridgehead atoms. The maximum absolute atomic E-state index is 12.7. The van der Waals surface area contributed by atoms with Gasteiger partial charge in [0.2, 0.25) is 11.8 Å². The predicted molar refractivity (Wildman–Crippen MR) is 108 cm³/mol. The lowest BCUT2D eigenvalue weighted by atomic mass is 9.87. The van der Waals surface area contributed by atoms with Crippen molar-refractivity contribution in [3.8, 4) is 0 Å². The summed E-state index contributed by atoms with van der Waals surface area (Å²) in [6.45, 7) is 2.22. The predicted octanol–water partition coefficient (Wildman–Crippen LogP) is 3.93. The Kier molecular flexibility index (Phi) is 5.46. The highest BCUT2D eigenvalue weighted by Crippen LogP contribution is 2.34. The molecule has 28 heavy (non-hydrogen) atoms. The van der Waals surface area contributed by atoms with Crippen molar-refractivity contribution in [2.45, 2.75) is 63.8 Å². The number of carbonyl (C=O) groups excluding carboxylic acids is 2. The monoisotopic (exact) mass is 380 g/mol. The molecule has 1 atom stereocenters. The molecule has 1 unspecified atom stereocenters. The molecule has 6 heteroatoms. The molecule has 1 aliphatic carbocycles. The number of H-pyrrole nitrogens is 1. The van der Waals surface area contributed by atoms with Crippen LogP contribution in [0.4, 0.5) is 5.82 Å². The Balaban J connectivity index is 1.45. The first-order chi connectivity index (χ1) is 13.6. The lowest BCUT2D eigenvalue weighted by Gasteiger charge is -2.36. The van der Waals surface area contributed by atoms with Crippen molar-refractivity contribution in [2.24, 2.45) is 0 Å². The smallest absolute Gasteiger partial charge is 0.228 e. The molecule has 6 nitrogen and oxygen atoms in total. The zero-order chi connectivity index (χ0) is 19.5. The molecule has 1 aromatic carbocycles. The number of rotatable bonds is 4. The Morgan fingerprint density at radius 2 is 2.00 bits per heavy atom. The molecule has 4 rings (SSSR count). The van der Waals surface area contributed by atoms with Crippen LogP contribution in [-0.2, 0) is 16.0 Å². The number of aromatic amines is 1. The molecule has 1 saturated carbocycles. The second kappa shape index (κ2) is 8.17. The normalized spacial score (nSPS) is 19.9. The highest BCUT2D eigenvalue weighted by molar-refractivity contribution is 5.90. The second-order valence-electron chi connectivity index (χ2n) is 7.97. The van der Waals surface area contributed by atoms with Gasteiger partial charge in [0.05, 0.1) is 12.5 Å².